The minimum atomic E-state index is -0.385. The van der Waals surface area contributed by atoms with Gasteiger partial charge >= 0.3 is 0 Å². The maximum Gasteiger partial charge on any atom is 0.255 e. The normalized spacial score (nSPS) is 10.2. The van der Waals surface area contributed by atoms with E-state index in [1.807, 2.05) is 13.0 Å². The van der Waals surface area contributed by atoms with Gasteiger partial charge in [-0.15, -0.1) is 0 Å². The van der Waals surface area contributed by atoms with Crippen LogP contribution < -0.4 is 11.1 Å². The second-order valence-corrected chi connectivity index (χ2v) is 4.42. The molecule has 0 aliphatic heterocycles. The highest BCUT2D eigenvalue weighted by atomic mass is 16.3. The number of amides is 1. The van der Waals surface area contributed by atoms with Gasteiger partial charge in [0.1, 0.15) is 0 Å². The highest BCUT2D eigenvalue weighted by molar-refractivity contribution is 6.04. The Hall–Kier alpha value is -2.69. The summed E-state index contributed by atoms with van der Waals surface area (Å²) in [6.07, 6.45) is 0.825. The second kappa shape index (κ2) is 5.52. The van der Waals surface area contributed by atoms with E-state index in [4.69, 9.17) is 5.73 Å². The van der Waals surface area contributed by atoms with Crippen molar-refractivity contribution in [3.05, 3.63) is 47.5 Å². The molecule has 2 rings (SSSR count). The third-order valence-corrected chi connectivity index (χ3v) is 3.02. The number of hydrogen-bond donors (Lipinski definition) is 4. The molecule has 0 aliphatic carbocycles. The van der Waals surface area contributed by atoms with Gasteiger partial charge in [-0.3, -0.25) is 4.79 Å². The molecule has 5 N–H and O–H groups in total. The number of phenolic OH excluding ortho intramolecular Hbond substituents is 2. The fourth-order valence-corrected chi connectivity index (χ4v) is 1.86. The number of benzene rings is 2. The number of rotatable bonds is 3. The van der Waals surface area contributed by atoms with Gasteiger partial charge in [-0.05, 0) is 42.3 Å². The van der Waals surface area contributed by atoms with Crippen LogP contribution in [0.25, 0.3) is 0 Å². The number of hydrogen-bond acceptors (Lipinski definition) is 4. The van der Waals surface area contributed by atoms with Crippen LogP contribution in [-0.4, -0.2) is 16.1 Å². The van der Waals surface area contributed by atoms with Gasteiger partial charge in [-0.25, -0.2) is 0 Å². The summed E-state index contributed by atoms with van der Waals surface area (Å²) in [4.78, 5) is 12.0. The number of carbonyl (C=O) groups excluding carboxylic acids is 1. The van der Waals surface area contributed by atoms with Gasteiger partial charge in [0, 0.05) is 16.9 Å². The zero-order valence-corrected chi connectivity index (χ0v) is 11.1. The average Bonchev–Trinajstić information content (AvgIpc) is 2.42. The van der Waals surface area contributed by atoms with Crippen molar-refractivity contribution in [2.24, 2.45) is 0 Å². The number of nitrogen functional groups attached to an aromatic ring is 1. The van der Waals surface area contributed by atoms with Gasteiger partial charge < -0.3 is 21.3 Å². The number of nitrogens with one attached hydrogen (secondary N) is 1. The fourth-order valence-electron chi connectivity index (χ4n) is 1.86. The van der Waals surface area contributed by atoms with Crippen LogP contribution in [0.5, 0.6) is 11.5 Å². The Morgan fingerprint density at radius 3 is 2.50 bits per heavy atom. The Balaban J connectivity index is 2.19. The molecule has 5 heteroatoms. The highest BCUT2D eigenvalue weighted by Crippen LogP contribution is 2.25. The van der Waals surface area contributed by atoms with E-state index in [2.05, 4.69) is 5.32 Å². The molecule has 0 aromatic heterocycles. The first-order chi connectivity index (χ1) is 9.51. The molecule has 0 fully saturated rings. The van der Waals surface area contributed by atoms with E-state index < -0.39 is 0 Å². The Morgan fingerprint density at radius 2 is 1.90 bits per heavy atom. The number of anilines is 2. The van der Waals surface area contributed by atoms with Gasteiger partial charge in [0.2, 0.25) is 0 Å². The topological polar surface area (TPSA) is 95.6 Å². The summed E-state index contributed by atoms with van der Waals surface area (Å²) >= 11 is 0. The smallest absolute Gasteiger partial charge is 0.255 e. The summed E-state index contributed by atoms with van der Waals surface area (Å²) in [5, 5.41) is 21.3. The monoisotopic (exact) mass is 272 g/mol. The zero-order chi connectivity index (χ0) is 14.7. The van der Waals surface area contributed by atoms with Crippen LogP contribution in [-0.2, 0) is 6.42 Å². The summed E-state index contributed by atoms with van der Waals surface area (Å²) in [5.41, 5.74) is 8.34. The van der Waals surface area contributed by atoms with E-state index in [0.29, 0.717) is 11.4 Å². The number of aromatic hydroxyl groups is 2. The van der Waals surface area contributed by atoms with Crippen LogP contribution in [0, 0.1) is 0 Å². The van der Waals surface area contributed by atoms with E-state index in [0.717, 1.165) is 12.0 Å². The van der Waals surface area contributed by atoms with Crippen molar-refractivity contribution < 1.29 is 15.0 Å². The maximum absolute atomic E-state index is 12.0. The lowest BCUT2D eigenvalue weighted by molar-refractivity contribution is 0.102. The third-order valence-electron chi connectivity index (χ3n) is 3.02. The predicted molar refractivity (Wildman–Crippen MR) is 78.0 cm³/mol. The largest absolute Gasteiger partial charge is 0.504 e. The number of phenols is 2. The van der Waals surface area contributed by atoms with Crippen LogP contribution >= 0.6 is 0 Å². The lowest BCUT2D eigenvalue weighted by atomic mass is 10.1. The first-order valence-electron chi connectivity index (χ1n) is 6.23. The van der Waals surface area contributed by atoms with Gasteiger partial charge in [0.25, 0.3) is 5.91 Å². The molecular formula is C15H16N2O3. The molecule has 0 aliphatic rings. The predicted octanol–water partition coefficient (Wildman–Crippen LogP) is 2.49. The van der Waals surface area contributed by atoms with Gasteiger partial charge in [-0.1, -0.05) is 13.0 Å². The van der Waals surface area contributed by atoms with Gasteiger partial charge in [0.15, 0.2) is 11.5 Å². The van der Waals surface area contributed by atoms with Crippen LogP contribution in [0.3, 0.4) is 0 Å². The maximum atomic E-state index is 12.0. The summed E-state index contributed by atoms with van der Waals surface area (Å²) in [5.74, 6) is -0.986. The van der Waals surface area contributed by atoms with Crippen molar-refractivity contribution in [1.82, 2.24) is 0 Å². The number of carbonyl (C=O) groups is 1. The quantitative estimate of drug-likeness (QED) is 0.510. The second-order valence-electron chi connectivity index (χ2n) is 4.42. The van der Waals surface area contributed by atoms with Gasteiger partial charge in [-0.2, -0.15) is 0 Å². The zero-order valence-electron chi connectivity index (χ0n) is 11.1. The van der Waals surface area contributed by atoms with Crippen molar-refractivity contribution in [3.8, 4) is 11.5 Å². The van der Waals surface area contributed by atoms with E-state index in [-0.39, 0.29) is 23.0 Å². The molecule has 0 bridgehead atoms. The van der Waals surface area contributed by atoms with Crippen molar-refractivity contribution >= 4 is 17.3 Å². The van der Waals surface area contributed by atoms with Gasteiger partial charge in [0.05, 0.1) is 0 Å². The molecule has 2 aromatic rings. The Bertz CT molecular complexity index is 654. The minimum Gasteiger partial charge on any atom is -0.504 e. The Labute approximate surface area is 116 Å². The average molecular weight is 272 g/mol. The van der Waals surface area contributed by atoms with Crippen molar-refractivity contribution in [2.45, 2.75) is 13.3 Å². The SMILES string of the molecule is CCc1ccc(NC(=O)c2ccc(O)c(O)c2)cc1N. The molecule has 0 radical (unpaired) electrons. The molecule has 0 spiro atoms. The summed E-state index contributed by atoms with van der Waals surface area (Å²) in [6.45, 7) is 2.00. The van der Waals surface area contributed by atoms with Crippen molar-refractivity contribution in [2.75, 3.05) is 11.1 Å². The Morgan fingerprint density at radius 1 is 1.15 bits per heavy atom. The molecule has 0 saturated carbocycles. The van der Waals surface area contributed by atoms with Crippen LogP contribution in [0.2, 0.25) is 0 Å². The lowest BCUT2D eigenvalue weighted by Crippen LogP contribution is -2.12. The molecule has 2 aromatic carbocycles. The lowest BCUT2D eigenvalue weighted by Gasteiger charge is -2.09. The highest BCUT2D eigenvalue weighted by Gasteiger charge is 2.09. The first kappa shape index (κ1) is 13.7. The van der Waals surface area contributed by atoms with E-state index in [1.54, 1.807) is 12.1 Å². The molecule has 0 heterocycles. The van der Waals surface area contributed by atoms with Crippen molar-refractivity contribution in [1.29, 1.82) is 0 Å². The van der Waals surface area contributed by atoms with Crippen LogP contribution in [0.4, 0.5) is 11.4 Å². The minimum absolute atomic E-state index is 0.249. The standard InChI is InChI=1S/C15H16N2O3/c1-2-9-3-5-11(8-12(9)16)17-15(20)10-4-6-13(18)14(19)7-10/h3-8,18-19H,2,16H2,1H3,(H,17,20). The summed E-state index contributed by atoms with van der Waals surface area (Å²) in [7, 11) is 0. The van der Waals surface area contributed by atoms with Crippen LogP contribution in [0.1, 0.15) is 22.8 Å². The van der Waals surface area contributed by atoms with E-state index in [1.165, 1.54) is 18.2 Å². The summed E-state index contributed by atoms with van der Waals surface area (Å²) in [6, 6.07) is 9.21. The third kappa shape index (κ3) is 2.83. The molecule has 0 unspecified atom stereocenters. The fraction of sp³-hybridized carbons (Fsp3) is 0.133. The number of nitrogens with two attached hydrogens (primary N) is 1. The molecule has 0 atom stereocenters. The van der Waals surface area contributed by atoms with E-state index in [9.17, 15) is 15.0 Å². The molecule has 0 saturated heterocycles. The Kier molecular flexibility index (Phi) is 3.79. The van der Waals surface area contributed by atoms with E-state index >= 15 is 0 Å². The summed E-state index contributed by atoms with van der Waals surface area (Å²) < 4.78 is 0. The molecular weight excluding hydrogens is 256 g/mol. The van der Waals surface area contributed by atoms with Crippen molar-refractivity contribution in [3.63, 3.8) is 0 Å². The molecule has 1 amide bonds. The molecule has 104 valence electrons. The molecule has 5 nitrogen and oxygen atoms in total. The molecule has 20 heavy (non-hydrogen) atoms. The number of aryl methyl sites for hydroxylation is 1. The first-order valence-corrected chi connectivity index (χ1v) is 6.23. The van der Waals surface area contributed by atoms with Crippen LogP contribution in [0.15, 0.2) is 36.4 Å².